The predicted octanol–water partition coefficient (Wildman–Crippen LogP) is 4.25. The third-order valence-corrected chi connectivity index (χ3v) is 4.91. The van der Waals surface area contributed by atoms with Gasteiger partial charge in [0.2, 0.25) is 0 Å². The molecule has 0 unspecified atom stereocenters. The average Bonchev–Trinajstić information content (AvgIpc) is 2.96. The van der Waals surface area contributed by atoms with Gasteiger partial charge in [0.05, 0.1) is 12.1 Å². The van der Waals surface area contributed by atoms with Crippen molar-refractivity contribution in [1.29, 1.82) is 0 Å². The van der Waals surface area contributed by atoms with E-state index in [0.29, 0.717) is 11.7 Å². The number of benzene rings is 2. The summed E-state index contributed by atoms with van der Waals surface area (Å²) in [7, 11) is 0. The van der Waals surface area contributed by atoms with Crippen molar-refractivity contribution < 1.29 is 9.84 Å². The lowest BCUT2D eigenvalue weighted by Gasteiger charge is -2.37. The molecule has 4 rings (SSSR count). The van der Waals surface area contributed by atoms with Crippen molar-refractivity contribution in [3.05, 3.63) is 58.7 Å². The lowest BCUT2D eigenvalue weighted by molar-refractivity contribution is 0.0828. The van der Waals surface area contributed by atoms with Crippen LogP contribution in [0.1, 0.15) is 40.8 Å². The molecule has 3 heteroatoms. The van der Waals surface area contributed by atoms with Gasteiger partial charge in [-0.15, -0.1) is 0 Å². The molecule has 1 fully saturated rings. The van der Waals surface area contributed by atoms with Crippen molar-refractivity contribution in [2.24, 2.45) is 5.92 Å². The summed E-state index contributed by atoms with van der Waals surface area (Å²) in [4.78, 5) is 0. The summed E-state index contributed by atoms with van der Waals surface area (Å²) in [5, 5.41) is 13.5. The first-order valence-electron chi connectivity index (χ1n) is 7.91. The van der Waals surface area contributed by atoms with Crippen molar-refractivity contribution >= 4 is 5.69 Å². The number of aromatic hydroxyl groups is 1. The number of hydrogen-bond acceptors (Lipinski definition) is 3. The Kier molecular flexibility index (Phi) is 3.12. The van der Waals surface area contributed by atoms with Crippen LogP contribution < -0.4 is 5.32 Å². The largest absolute Gasteiger partial charge is 0.508 e. The number of hydrogen-bond donors (Lipinski definition) is 2. The Hall–Kier alpha value is -2.00. The minimum atomic E-state index is 0.155. The van der Waals surface area contributed by atoms with Crippen LogP contribution in [0.2, 0.25) is 0 Å². The lowest BCUT2D eigenvalue weighted by Crippen LogP contribution is -2.29. The first-order chi connectivity index (χ1) is 10.6. The van der Waals surface area contributed by atoms with Crippen molar-refractivity contribution in [2.45, 2.75) is 32.4 Å². The van der Waals surface area contributed by atoms with E-state index in [-0.39, 0.29) is 12.1 Å². The predicted molar refractivity (Wildman–Crippen MR) is 87.2 cm³/mol. The van der Waals surface area contributed by atoms with Crippen LogP contribution in [0.4, 0.5) is 5.69 Å². The minimum absolute atomic E-state index is 0.155. The van der Waals surface area contributed by atoms with Crippen LogP contribution in [-0.4, -0.2) is 11.7 Å². The molecule has 2 aliphatic heterocycles. The quantitative estimate of drug-likeness (QED) is 0.826. The molecule has 1 saturated heterocycles. The molecule has 3 atom stereocenters. The monoisotopic (exact) mass is 295 g/mol. The summed E-state index contributed by atoms with van der Waals surface area (Å²) in [6, 6.07) is 12.2. The topological polar surface area (TPSA) is 41.5 Å². The van der Waals surface area contributed by atoms with Gasteiger partial charge in [-0.1, -0.05) is 29.8 Å². The van der Waals surface area contributed by atoms with Gasteiger partial charge in [-0.25, -0.2) is 0 Å². The van der Waals surface area contributed by atoms with Gasteiger partial charge in [0, 0.05) is 23.8 Å². The fourth-order valence-corrected chi connectivity index (χ4v) is 4.00. The Labute approximate surface area is 130 Å². The normalized spacial score (nSPS) is 26.2. The number of phenols is 1. The summed E-state index contributed by atoms with van der Waals surface area (Å²) in [5.41, 5.74) is 6.15. The van der Waals surface area contributed by atoms with E-state index >= 15 is 0 Å². The van der Waals surface area contributed by atoms with Crippen molar-refractivity contribution in [1.82, 2.24) is 0 Å². The first-order valence-corrected chi connectivity index (χ1v) is 7.91. The van der Waals surface area contributed by atoms with Gasteiger partial charge in [-0.2, -0.15) is 0 Å². The molecule has 2 aromatic carbocycles. The fourth-order valence-electron chi connectivity index (χ4n) is 4.00. The van der Waals surface area contributed by atoms with E-state index in [1.807, 2.05) is 12.1 Å². The molecule has 2 N–H and O–H groups in total. The van der Waals surface area contributed by atoms with Gasteiger partial charge in [0.1, 0.15) is 5.75 Å². The number of anilines is 1. The highest BCUT2D eigenvalue weighted by Gasteiger charge is 2.41. The minimum Gasteiger partial charge on any atom is -0.508 e. The van der Waals surface area contributed by atoms with Crippen LogP contribution in [-0.2, 0) is 4.74 Å². The zero-order chi connectivity index (χ0) is 15.3. The second kappa shape index (κ2) is 5.03. The zero-order valence-electron chi connectivity index (χ0n) is 13.0. The third-order valence-electron chi connectivity index (χ3n) is 4.91. The highest BCUT2D eigenvalue weighted by molar-refractivity contribution is 5.63. The van der Waals surface area contributed by atoms with Crippen LogP contribution in [0.25, 0.3) is 0 Å². The SMILES string of the molecule is Cc1cc(C)c2c(c1)[C@H]1OCC[C@H]1[C@@H](c1cccc(O)c1)N2. The van der Waals surface area contributed by atoms with E-state index in [0.717, 1.165) is 18.6 Å². The van der Waals surface area contributed by atoms with E-state index in [1.165, 1.54) is 22.4 Å². The second-order valence-electron chi connectivity index (χ2n) is 6.51. The van der Waals surface area contributed by atoms with Crippen LogP contribution in [0.3, 0.4) is 0 Å². The van der Waals surface area contributed by atoms with Gasteiger partial charge in [-0.3, -0.25) is 0 Å². The van der Waals surface area contributed by atoms with Gasteiger partial charge < -0.3 is 15.2 Å². The van der Waals surface area contributed by atoms with Gasteiger partial charge in [-0.05, 0) is 43.5 Å². The van der Waals surface area contributed by atoms with Gasteiger partial charge in [0.15, 0.2) is 0 Å². The maximum Gasteiger partial charge on any atom is 0.115 e. The molecule has 2 heterocycles. The second-order valence-corrected chi connectivity index (χ2v) is 6.51. The Morgan fingerprint density at radius 3 is 2.86 bits per heavy atom. The smallest absolute Gasteiger partial charge is 0.115 e. The molecule has 2 aliphatic rings. The van der Waals surface area contributed by atoms with E-state index in [1.54, 1.807) is 6.07 Å². The Bertz CT molecular complexity index is 725. The van der Waals surface area contributed by atoms with Crippen LogP contribution >= 0.6 is 0 Å². The summed E-state index contributed by atoms with van der Waals surface area (Å²) >= 11 is 0. The van der Waals surface area contributed by atoms with Crippen LogP contribution in [0.15, 0.2) is 36.4 Å². The van der Waals surface area contributed by atoms with E-state index in [9.17, 15) is 5.11 Å². The first kappa shape index (κ1) is 13.6. The number of aryl methyl sites for hydroxylation is 2. The number of ether oxygens (including phenoxy) is 1. The molecular weight excluding hydrogens is 274 g/mol. The fraction of sp³-hybridized carbons (Fsp3) is 0.368. The van der Waals surface area contributed by atoms with Crippen LogP contribution in [0.5, 0.6) is 5.75 Å². The molecule has 114 valence electrons. The van der Waals surface area contributed by atoms with Gasteiger partial charge in [0.25, 0.3) is 0 Å². The van der Waals surface area contributed by atoms with E-state index in [4.69, 9.17) is 4.74 Å². The van der Waals surface area contributed by atoms with Crippen LogP contribution in [0, 0.1) is 19.8 Å². The summed E-state index contributed by atoms with van der Waals surface area (Å²) < 4.78 is 6.07. The number of rotatable bonds is 1. The number of phenolic OH excluding ortho intramolecular Hbond substituents is 1. The van der Waals surface area contributed by atoms with Crippen molar-refractivity contribution in [3.8, 4) is 5.75 Å². The van der Waals surface area contributed by atoms with Crippen molar-refractivity contribution in [3.63, 3.8) is 0 Å². The molecule has 2 aromatic rings. The van der Waals surface area contributed by atoms with Crippen molar-refractivity contribution in [2.75, 3.05) is 11.9 Å². The Morgan fingerprint density at radius 2 is 2.05 bits per heavy atom. The maximum absolute atomic E-state index is 9.81. The molecule has 0 bridgehead atoms. The highest BCUT2D eigenvalue weighted by Crippen LogP contribution is 2.51. The average molecular weight is 295 g/mol. The standard InChI is InChI=1S/C19H21NO2/c1-11-8-12(2)17-16(9-11)19-15(6-7-22-19)18(20-17)13-4-3-5-14(21)10-13/h3-5,8-10,15,18-21H,6-7H2,1-2H3/t15-,18+,19-/m0/s1. The molecule has 0 amide bonds. The summed E-state index contributed by atoms with van der Waals surface area (Å²) in [5.74, 6) is 0.733. The van der Waals surface area contributed by atoms with Gasteiger partial charge >= 0.3 is 0 Å². The molecule has 0 saturated carbocycles. The molecule has 0 aliphatic carbocycles. The van der Waals surface area contributed by atoms with E-state index in [2.05, 4.69) is 37.4 Å². The zero-order valence-corrected chi connectivity index (χ0v) is 13.0. The molecule has 3 nitrogen and oxygen atoms in total. The Morgan fingerprint density at radius 1 is 1.18 bits per heavy atom. The molecule has 22 heavy (non-hydrogen) atoms. The Balaban J connectivity index is 1.83. The number of fused-ring (bicyclic) bond motifs is 3. The summed E-state index contributed by atoms with van der Waals surface area (Å²) in [6.45, 7) is 5.09. The molecule has 0 radical (unpaired) electrons. The molecule has 0 aromatic heterocycles. The summed E-state index contributed by atoms with van der Waals surface area (Å²) in [6.07, 6.45) is 1.20. The lowest BCUT2D eigenvalue weighted by atomic mass is 9.80. The highest BCUT2D eigenvalue weighted by atomic mass is 16.5. The maximum atomic E-state index is 9.81. The molecular formula is C19H21NO2. The molecule has 0 spiro atoms. The number of nitrogens with one attached hydrogen (secondary N) is 1. The third kappa shape index (κ3) is 2.08. The van der Waals surface area contributed by atoms with E-state index < -0.39 is 0 Å².